The maximum atomic E-state index is 13.2. The molecule has 2 aliphatic heterocycles. The summed E-state index contributed by atoms with van der Waals surface area (Å²) < 4.78 is 24.5. The van der Waals surface area contributed by atoms with Gasteiger partial charge >= 0.3 is 0 Å². The van der Waals surface area contributed by atoms with Gasteiger partial charge in [-0.05, 0) is 49.9 Å². The maximum absolute atomic E-state index is 13.2. The molecule has 2 amide bonds. The Morgan fingerprint density at radius 1 is 1.18 bits per heavy atom. The number of piperidine rings is 1. The number of hydrogen-bond acceptors (Lipinski definition) is 4. The average Bonchev–Trinajstić information content (AvgIpc) is 3.37. The molecule has 4 rings (SSSR count). The topological polar surface area (TPSA) is 71.8 Å². The molecule has 1 aromatic carbocycles. The second kappa shape index (κ2) is 7.75. The van der Waals surface area contributed by atoms with Crippen LogP contribution in [-0.4, -0.2) is 48.1 Å². The van der Waals surface area contributed by atoms with E-state index in [0.717, 1.165) is 25.7 Å². The van der Waals surface area contributed by atoms with Gasteiger partial charge in [0.25, 0.3) is 11.8 Å². The van der Waals surface area contributed by atoms with Crippen LogP contribution in [0.4, 0.5) is 4.39 Å². The molecule has 1 spiro atoms. The molecule has 0 radical (unpaired) electrons. The Morgan fingerprint density at radius 2 is 2.00 bits per heavy atom. The minimum Gasteiger partial charge on any atom is -0.472 e. The number of halogens is 1. The van der Waals surface area contributed by atoms with Gasteiger partial charge in [0.05, 0.1) is 23.5 Å². The van der Waals surface area contributed by atoms with Crippen molar-refractivity contribution in [1.82, 2.24) is 10.2 Å². The molecule has 1 unspecified atom stereocenters. The first-order valence-corrected chi connectivity index (χ1v) is 9.58. The van der Waals surface area contributed by atoms with E-state index in [1.54, 1.807) is 12.1 Å². The monoisotopic (exact) mass is 386 g/mol. The quantitative estimate of drug-likeness (QED) is 0.877. The predicted octanol–water partition coefficient (Wildman–Crippen LogP) is 3.00. The lowest BCUT2D eigenvalue weighted by atomic mass is 9.88. The van der Waals surface area contributed by atoms with Crippen LogP contribution in [0.3, 0.4) is 0 Å². The third-order valence-corrected chi connectivity index (χ3v) is 5.65. The molecule has 3 heterocycles. The Labute approximate surface area is 162 Å². The fourth-order valence-electron chi connectivity index (χ4n) is 4.03. The van der Waals surface area contributed by atoms with Gasteiger partial charge in [-0.15, -0.1) is 0 Å². The molecule has 2 saturated heterocycles. The molecule has 1 atom stereocenters. The fraction of sp³-hybridized carbons (Fsp3) is 0.429. The molecule has 1 aromatic heterocycles. The molecule has 1 N–H and O–H groups in total. The number of amides is 2. The number of likely N-dealkylation sites (tertiary alicyclic amines) is 1. The van der Waals surface area contributed by atoms with Gasteiger partial charge in [-0.25, -0.2) is 4.39 Å². The molecule has 0 saturated carbocycles. The molecule has 148 valence electrons. The van der Waals surface area contributed by atoms with Gasteiger partial charge in [0, 0.05) is 25.2 Å². The van der Waals surface area contributed by atoms with Crippen LogP contribution in [0.2, 0.25) is 0 Å². The smallest absolute Gasteiger partial charge is 0.257 e. The molecule has 6 nitrogen and oxygen atoms in total. The predicted molar refractivity (Wildman–Crippen MR) is 99.4 cm³/mol. The first-order valence-electron chi connectivity index (χ1n) is 9.58. The molecule has 2 aromatic rings. The van der Waals surface area contributed by atoms with Gasteiger partial charge in [0.15, 0.2) is 0 Å². The summed E-state index contributed by atoms with van der Waals surface area (Å²) in [6.45, 7) is 1.69. The second-order valence-electron chi connectivity index (χ2n) is 7.49. The summed E-state index contributed by atoms with van der Waals surface area (Å²) in [6, 6.07) is 7.31. The van der Waals surface area contributed by atoms with E-state index in [4.69, 9.17) is 9.15 Å². The standard InChI is InChI=1S/C21H23FN2O4/c22-17-3-1-2-15(12-17)19(25)23-13-18-4-6-21(28-18)7-9-24(10-8-21)20(26)16-5-11-27-14-16/h1-3,5,11-12,14,18H,4,6-10,13H2,(H,23,25). The van der Waals surface area contributed by atoms with Crippen molar-refractivity contribution >= 4 is 11.8 Å². The van der Waals surface area contributed by atoms with E-state index in [1.165, 1.54) is 30.7 Å². The Morgan fingerprint density at radius 3 is 2.71 bits per heavy atom. The van der Waals surface area contributed by atoms with Crippen molar-refractivity contribution in [1.29, 1.82) is 0 Å². The number of ether oxygens (including phenoxy) is 1. The van der Waals surface area contributed by atoms with E-state index < -0.39 is 5.82 Å². The largest absolute Gasteiger partial charge is 0.472 e. The van der Waals surface area contributed by atoms with Crippen LogP contribution in [0.25, 0.3) is 0 Å². The molecule has 2 fully saturated rings. The molecular formula is C21H23FN2O4. The van der Waals surface area contributed by atoms with Gasteiger partial charge in [-0.2, -0.15) is 0 Å². The SMILES string of the molecule is O=C(NCC1CCC2(CCN(C(=O)c3ccoc3)CC2)O1)c1cccc(F)c1. The second-order valence-corrected chi connectivity index (χ2v) is 7.49. The van der Waals surface area contributed by atoms with E-state index in [0.29, 0.717) is 30.8 Å². The molecule has 7 heteroatoms. The third-order valence-electron chi connectivity index (χ3n) is 5.65. The summed E-state index contributed by atoms with van der Waals surface area (Å²) in [4.78, 5) is 26.4. The molecule has 2 aliphatic rings. The summed E-state index contributed by atoms with van der Waals surface area (Å²) >= 11 is 0. The lowest BCUT2D eigenvalue weighted by Crippen LogP contribution is -2.47. The van der Waals surface area contributed by atoms with Crippen LogP contribution < -0.4 is 5.32 Å². The van der Waals surface area contributed by atoms with Crippen molar-refractivity contribution in [3.8, 4) is 0 Å². The van der Waals surface area contributed by atoms with Crippen molar-refractivity contribution in [3.05, 3.63) is 59.8 Å². The van der Waals surface area contributed by atoms with Gasteiger partial charge in [-0.1, -0.05) is 6.07 Å². The van der Waals surface area contributed by atoms with Crippen LogP contribution in [0.1, 0.15) is 46.4 Å². The number of nitrogens with zero attached hydrogens (tertiary/aromatic N) is 1. The first-order chi connectivity index (χ1) is 13.5. The number of hydrogen-bond donors (Lipinski definition) is 1. The maximum Gasteiger partial charge on any atom is 0.257 e. The molecular weight excluding hydrogens is 363 g/mol. The van der Waals surface area contributed by atoms with Crippen molar-refractivity contribution in [2.75, 3.05) is 19.6 Å². The highest BCUT2D eigenvalue weighted by Gasteiger charge is 2.43. The number of nitrogens with one attached hydrogen (secondary N) is 1. The third kappa shape index (κ3) is 3.94. The van der Waals surface area contributed by atoms with Gasteiger partial charge in [0.1, 0.15) is 12.1 Å². The van der Waals surface area contributed by atoms with E-state index in [9.17, 15) is 14.0 Å². The fourth-order valence-corrected chi connectivity index (χ4v) is 4.03. The molecule has 0 bridgehead atoms. The summed E-state index contributed by atoms with van der Waals surface area (Å²) in [5.41, 5.74) is 0.654. The summed E-state index contributed by atoms with van der Waals surface area (Å²) in [5, 5.41) is 2.83. The minimum atomic E-state index is -0.430. The Hall–Kier alpha value is -2.67. The summed E-state index contributed by atoms with van der Waals surface area (Å²) in [7, 11) is 0. The van der Waals surface area contributed by atoms with Crippen LogP contribution in [0, 0.1) is 5.82 Å². The lowest BCUT2D eigenvalue weighted by Gasteiger charge is -2.39. The highest BCUT2D eigenvalue weighted by atomic mass is 19.1. The van der Waals surface area contributed by atoms with E-state index in [1.807, 2.05) is 4.90 Å². The van der Waals surface area contributed by atoms with Crippen LogP contribution >= 0.6 is 0 Å². The lowest BCUT2D eigenvalue weighted by molar-refractivity contribution is -0.0712. The van der Waals surface area contributed by atoms with Crippen LogP contribution in [0.15, 0.2) is 47.3 Å². The average molecular weight is 386 g/mol. The highest BCUT2D eigenvalue weighted by Crippen LogP contribution is 2.39. The number of rotatable bonds is 4. The van der Waals surface area contributed by atoms with Crippen LogP contribution in [0.5, 0.6) is 0 Å². The van der Waals surface area contributed by atoms with Crippen molar-refractivity contribution < 1.29 is 23.1 Å². The molecule has 0 aliphatic carbocycles. The number of benzene rings is 1. The first kappa shape index (κ1) is 18.7. The Kier molecular flexibility index (Phi) is 5.17. The van der Waals surface area contributed by atoms with Crippen molar-refractivity contribution in [2.45, 2.75) is 37.4 Å². The van der Waals surface area contributed by atoms with E-state index >= 15 is 0 Å². The number of carbonyl (C=O) groups excluding carboxylic acids is 2. The van der Waals surface area contributed by atoms with Crippen molar-refractivity contribution in [2.24, 2.45) is 0 Å². The zero-order valence-electron chi connectivity index (χ0n) is 15.5. The summed E-state index contributed by atoms with van der Waals surface area (Å²) in [5.74, 6) is -0.745. The van der Waals surface area contributed by atoms with E-state index in [2.05, 4.69) is 5.32 Å². The van der Waals surface area contributed by atoms with Gasteiger partial charge < -0.3 is 19.4 Å². The Balaban J connectivity index is 1.26. The van der Waals surface area contributed by atoms with Gasteiger partial charge in [-0.3, -0.25) is 9.59 Å². The molecule has 28 heavy (non-hydrogen) atoms. The normalized spacial score (nSPS) is 21.0. The van der Waals surface area contributed by atoms with Gasteiger partial charge in [0.2, 0.25) is 0 Å². The zero-order valence-corrected chi connectivity index (χ0v) is 15.5. The van der Waals surface area contributed by atoms with Crippen molar-refractivity contribution in [3.63, 3.8) is 0 Å². The number of carbonyl (C=O) groups is 2. The van der Waals surface area contributed by atoms with E-state index in [-0.39, 0.29) is 23.5 Å². The number of furan rings is 1. The minimum absolute atomic E-state index is 0.0134. The zero-order chi connectivity index (χ0) is 19.6. The Bertz CT molecular complexity index is 844. The summed E-state index contributed by atoms with van der Waals surface area (Å²) in [6.07, 6.45) is 6.25. The van der Waals surface area contributed by atoms with Crippen LogP contribution in [-0.2, 0) is 4.74 Å². The highest BCUT2D eigenvalue weighted by molar-refractivity contribution is 5.94.